The normalized spacial score (nSPS) is 20.6. The van der Waals surface area contributed by atoms with E-state index in [1.165, 1.54) is 4.68 Å². The first-order valence-electron chi connectivity index (χ1n) is 11.2. The molecule has 1 amide bonds. The SMILES string of the molecule is CCc1nc(-c2nnn(C)c2NC(=O)OCC2CC2)ccc1O[C@H]1CCC[C@H](C(=O)O)C1. The summed E-state index contributed by atoms with van der Waals surface area (Å²) in [7, 11) is 1.69. The van der Waals surface area contributed by atoms with E-state index in [2.05, 4.69) is 15.6 Å². The molecule has 2 saturated carbocycles. The van der Waals surface area contributed by atoms with E-state index >= 15 is 0 Å². The molecule has 4 rings (SSSR count). The quantitative estimate of drug-likeness (QED) is 0.635. The minimum Gasteiger partial charge on any atom is -0.488 e. The first-order valence-corrected chi connectivity index (χ1v) is 11.2. The van der Waals surface area contributed by atoms with E-state index in [4.69, 9.17) is 14.5 Å². The highest BCUT2D eigenvalue weighted by Gasteiger charge is 2.29. The number of pyridine rings is 1. The third-order valence-corrected chi connectivity index (χ3v) is 5.97. The maximum Gasteiger partial charge on any atom is 0.412 e. The Hall–Kier alpha value is -3.17. The Morgan fingerprint density at radius 2 is 2.06 bits per heavy atom. The summed E-state index contributed by atoms with van der Waals surface area (Å²) in [5.74, 6) is 0.404. The molecule has 2 aliphatic carbocycles. The number of aryl methyl sites for hydroxylation is 2. The molecule has 2 aromatic heterocycles. The van der Waals surface area contributed by atoms with E-state index in [0.29, 0.717) is 54.7 Å². The van der Waals surface area contributed by atoms with Crippen LogP contribution in [0.1, 0.15) is 51.1 Å². The summed E-state index contributed by atoms with van der Waals surface area (Å²) in [6.07, 6.45) is 5.01. The highest BCUT2D eigenvalue weighted by Crippen LogP contribution is 2.32. The number of hydrogen-bond donors (Lipinski definition) is 2. The summed E-state index contributed by atoms with van der Waals surface area (Å²) < 4.78 is 12.9. The number of carboxylic acid groups (broad SMARTS) is 1. The molecule has 0 aromatic carbocycles. The number of hydrogen-bond acceptors (Lipinski definition) is 7. The first kappa shape index (κ1) is 22.0. The van der Waals surface area contributed by atoms with E-state index in [9.17, 15) is 14.7 Å². The van der Waals surface area contributed by atoms with Crippen molar-refractivity contribution in [3.8, 4) is 17.1 Å². The van der Waals surface area contributed by atoms with Crippen LogP contribution in [0, 0.1) is 11.8 Å². The smallest absolute Gasteiger partial charge is 0.412 e. The zero-order valence-electron chi connectivity index (χ0n) is 18.4. The number of carboxylic acids is 1. The summed E-state index contributed by atoms with van der Waals surface area (Å²) in [5.41, 5.74) is 1.75. The minimum absolute atomic E-state index is 0.141. The number of nitrogens with one attached hydrogen (secondary N) is 1. The lowest BCUT2D eigenvalue weighted by atomic mass is 9.87. The Labute approximate surface area is 186 Å². The van der Waals surface area contributed by atoms with Gasteiger partial charge in [0, 0.05) is 7.05 Å². The Bertz CT molecular complexity index is 987. The Kier molecular flexibility index (Phi) is 6.57. The van der Waals surface area contributed by atoms with Gasteiger partial charge in [0.1, 0.15) is 5.75 Å². The predicted molar refractivity (Wildman–Crippen MR) is 115 cm³/mol. The third-order valence-electron chi connectivity index (χ3n) is 5.97. The lowest BCUT2D eigenvalue weighted by Gasteiger charge is -2.28. The molecule has 0 aliphatic heterocycles. The molecule has 2 heterocycles. The summed E-state index contributed by atoms with van der Waals surface area (Å²) in [4.78, 5) is 28.2. The molecular weight excluding hydrogens is 414 g/mol. The van der Waals surface area contributed by atoms with Crippen LogP contribution in [-0.2, 0) is 23.0 Å². The largest absolute Gasteiger partial charge is 0.488 e. The zero-order valence-corrected chi connectivity index (χ0v) is 18.4. The van der Waals surface area contributed by atoms with Gasteiger partial charge in [-0.2, -0.15) is 0 Å². The van der Waals surface area contributed by atoms with Gasteiger partial charge < -0.3 is 14.6 Å². The molecule has 10 heteroatoms. The molecule has 2 aromatic rings. The maximum absolute atomic E-state index is 12.2. The Morgan fingerprint density at radius 1 is 1.25 bits per heavy atom. The number of carbonyl (C=O) groups excluding carboxylic acids is 1. The van der Waals surface area contributed by atoms with Gasteiger partial charge in [0.15, 0.2) is 11.5 Å². The molecule has 0 spiro atoms. The van der Waals surface area contributed by atoms with Gasteiger partial charge in [0.05, 0.1) is 30.0 Å². The van der Waals surface area contributed by atoms with E-state index in [0.717, 1.165) is 31.4 Å². The minimum atomic E-state index is -0.763. The van der Waals surface area contributed by atoms with Crippen LogP contribution < -0.4 is 10.1 Å². The molecule has 32 heavy (non-hydrogen) atoms. The standard InChI is InChI=1S/C22H29N5O5/c1-3-16-18(32-15-6-4-5-14(11-15)21(28)29)10-9-17(23-16)19-20(27(2)26-25-19)24-22(30)31-12-13-7-8-13/h9-10,13-15H,3-8,11-12H2,1-2H3,(H,24,30)(H,28,29)/t14-,15-/m0/s1. The summed E-state index contributed by atoms with van der Waals surface area (Å²) in [6, 6.07) is 3.60. The van der Waals surface area contributed by atoms with Gasteiger partial charge in [-0.3, -0.25) is 10.1 Å². The van der Waals surface area contributed by atoms with E-state index in [1.807, 2.05) is 13.0 Å². The van der Waals surface area contributed by atoms with Crippen LogP contribution in [-0.4, -0.2) is 49.9 Å². The van der Waals surface area contributed by atoms with Gasteiger partial charge in [-0.25, -0.2) is 14.5 Å². The molecule has 0 saturated heterocycles. The van der Waals surface area contributed by atoms with Crippen molar-refractivity contribution >= 4 is 17.9 Å². The van der Waals surface area contributed by atoms with Crippen molar-refractivity contribution in [2.45, 2.75) is 58.0 Å². The monoisotopic (exact) mass is 443 g/mol. The lowest BCUT2D eigenvalue weighted by Crippen LogP contribution is -2.29. The van der Waals surface area contributed by atoms with Crippen LogP contribution in [0.25, 0.3) is 11.4 Å². The van der Waals surface area contributed by atoms with Crippen molar-refractivity contribution in [1.29, 1.82) is 0 Å². The molecule has 10 nitrogen and oxygen atoms in total. The van der Waals surface area contributed by atoms with Crippen LogP contribution in [0.2, 0.25) is 0 Å². The number of anilines is 1. The first-order chi connectivity index (χ1) is 15.4. The molecule has 0 unspecified atom stereocenters. The van der Waals surface area contributed by atoms with Crippen LogP contribution in [0.3, 0.4) is 0 Å². The average molecular weight is 444 g/mol. The van der Waals surface area contributed by atoms with Crippen molar-refractivity contribution in [3.05, 3.63) is 17.8 Å². The summed E-state index contributed by atoms with van der Waals surface area (Å²) in [6.45, 7) is 2.39. The number of amides is 1. The second-order valence-corrected chi connectivity index (χ2v) is 8.51. The summed E-state index contributed by atoms with van der Waals surface area (Å²) in [5, 5.41) is 20.2. The lowest BCUT2D eigenvalue weighted by molar-refractivity contribution is -0.143. The van der Waals surface area contributed by atoms with Gasteiger partial charge in [-0.1, -0.05) is 12.1 Å². The number of aliphatic carboxylic acids is 1. The second-order valence-electron chi connectivity index (χ2n) is 8.51. The van der Waals surface area contributed by atoms with Crippen LogP contribution in [0.4, 0.5) is 10.6 Å². The fourth-order valence-corrected chi connectivity index (χ4v) is 3.92. The number of aromatic nitrogens is 4. The van der Waals surface area contributed by atoms with Crippen LogP contribution in [0.5, 0.6) is 5.75 Å². The highest BCUT2D eigenvalue weighted by atomic mass is 16.5. The van der Waals surface area contributed by atoms with Gasteiger partial charge in [0.2, 0.25) is 0 Å². The average Bonchev–Trinajstić information content (AvgIpc) is 3.56. The fourth-order valence-electron chi connectivity index (χ4n) is 3.92. The summed E-state index contributed by atoms with van der Waals surface area (Å²) >= 11 is 0. The van der Waals surface area contributed by atoms with Gasteiger partial charge in [-0.05, 0) is 63.0 Å². The number of rotatable bonds is 8. The predicted octanol–water partition coefficient (Wildman–Crippen LogP) is 3.42. The van der Waals surface area contributed by atoms with Gasteiger partial charge in [-0.15, -0.1) is 5.10 Å². The molecular formula is C22H29N5O5. The third kappa shape index (κ3) is 5.17. The molecule has 172 valence electrons. The van der Waals surface area contributed by atoms with E-state index < -0.39 is 12.1 Å². The number of ether oxygens (including phenoxy) is 2. The second kappa shape index (κ2) is 9.54. The fraction of sp³-hybridized carbons (Fsp3) is 0.591. The van der Waals surface area contributed by atoms with Gasteiger partial charge in [0.25, 0.3) is 0 Å². The highest BCUT2D eigenvalue weighted by molar-refractivity contribution is 5.88. The molecule has 0 radical (unpaired) electrons. The van der Waals surface area contributed by atoms with E-state index in [1.54, 1.807) is 13.1 Å². The van der Waals surface area contributed by atoms with Crippen LogP contribution in [0.15, 0.2) is 12.1 Å². The van der Waals surface area contributed by atoms with Crippen molar-refractivity contribution in [1.82, 2.24) is 20.0 Å². The molecule has 2 N–H and O–H groups in total. The molecule has 2 aliphatic rings. The van der Waals surface area contributed by atoms with Crippen molar-refractivity contribution < 1.29 is 24.2 Å². The molecule has 2 atom stereocenters. The molecule has 0 bridgehead atoms. The zero-order chi connectivity index (χ0) is 22.7. The molecule has 2 fully saturated rings. The van der Waals surface area contributed by atoms with Crippen molar-refractivity contribution in [2.24, 2.45) is 18.9 Å². The van der Waals surface area contributed by atoms with E-state index in [-0.39, 0.29) is 12.0 Å². The van der Waals surface area contributed by atoms with Crippen LogP contribution >= 0.6 is 0 Å². The van der Waals surface area contributed by atoms with Crippen molar-refractivity contribution in [3.63, 3.8) is 0 Å². The Balaban J connectivity index is 1.49. The van der Waals surface area contributed by atoms with Gasteiger partial charge >= 0.3 is 12.1 Å². The number of carbonyl (C=O) groups is 2. The van der Waals surface area contributed by atoms with Crippen molar-refractivity contribution in [2.75, 3.05) is 11.9 Å². The topological polar surface area (TPSA) is 128 Å². The maximum atomic E-state index is 12.2. The Morgan fingerprint density at radius 3 is 2.78 bits per heavy atom. The number of nitrogens with zero attached hydrogens (tertiary/aromatic N) is 4.